The molecule has 8 nitrogen and oxygen atoms in total. The van der Waals surface area contributed by atoms with E-state index >= 15 is 0 Å². The van der Waals surface area contributed by atoms with E-state index in [1.165, 1.54) is 5.56 Å². The van der Waals surface area contributed by atoms with Gasteiger partial charge < -0.3 is 20.9 Å². The number of amides is 1. The molecule has 2 saturated heterocycles. The van der Waals surface area contributed by atoms with E-state index in [-0.39, 0.29) is 5.91 Å². The van der Waals surface area contributed by atoms with E-state index in [2.05, 4.69) is 25.1 Å². The molecule has 3 aliphatic heterocycles. The number of carbonyl (C=O) groups excluding carboxylic acids is 1. The van der Waals surface area contributed by atoms with E-state index in [0.29, 0.717) is 12.5 Å². The van der Waals surface area contributed by atoms with E-state index in [9.17, 15) is 4.79 Å². The zero-order chi connectivity index (χ0) is 17.9. The summed E-state index contributed by atoms with van der Waals surface area (Å²) in [5, 5.41) is 3.42. The van der Waals surface area contributed by atoms with Crippen LogP contribution in [-0.2, 0) is 17.6 Å². The van der Waals surface area contributed by atoms with E-state index < -0.39 is 0 Å². The maximum atomic E-state index is 12.4. The number of hydrogen-bond donors (Lipinski definition) is 2. The number of nitrogens with zero attached hydrogens (tertiary/aromatic N) is 5. The third kappa shape index (κ3) is 3.76. The Hall–Kier alpha value is -1.93. The molecule has 3 N–H and O–H groups in total. The summed E-state index contributed by atoms with van der Waals surface area (Å²) in [5.41, 5.74) is 8.30. The Morgan fingerprint density at radius 2 is 1.73 bits per heavy atom. The number of carbonyl (C=O) groups is 1. The van der Waals surface area contributed by atoms with E-state index in [1.807, 2.05) is 4.90 Å². The van der Waals surface area contributed by atoms with Gasteiger partial charge in [0.1, 0.15) is 5.82 Å². The van der Waals surface area contributed by atoms with Crippen LogP contribution in [0.1, 0.15) is 24.1 Å². The van der Waals surface area contributed by atoms with Crippen molar-refractivity contribution in [3.05, 3.63) is 11.3 Å². The largest absolute Gasteiger partial charge is 0.368 e. The van der Waals surface area contributed by atoms with Crippen LogP contribution in [0, 0.1) is 0 Å². The zero-order valence-electron chi connectivity index (χ0n) is 15.4. The van der Waals surface area contributed by atoms with Gasteiger partial charge in [0, 0.05) is 57.8 Å². The SMILES string of the molecule is Nc1nc2c(c(N3CCN(CC(=O)N4CCCC4)CC3)n1)CCNCC2. The average Bonchev–Trinajstić information content (AvgIpc) is 3.08. The number of rotatable bonds is 3. The Bertz CT molecular complexity index is 651. The predicted molar refractivity (Wildman–Crippen MR) is 101 cm³/mol. The Morgan fingerprint density at radius 1 is 1.00 bits per heavy atom. The molecule has 0 radical (unpaired) electrons. The molecule has 26 heavy (non-hydrogen) atoms. The molecule has 0 atom stereocenters. The number of hydrogen-bond acceptors (Lipinski definition) is 7. The summed E-state index contributed by atoms with van der Waals surface area (Å²) >= 11 is 0. The molecule has 0 aliphatic carbocycles. The van der Waals surface area contributed by atoms with Crippen LogP contribution >= 0.6 is 0 Å². The molecule has 1 aromatic rings. The van der Waals surface area contributed by atoms with Gasteiger partial charge in [-0.2, -0.15) is 4.98 Å². The van der Waals surface area contributed by atoms with Crippen molar-refractivity contribution in [1.29, 1.82) is 0 Å². The van der Waals surface area contributed by atoms with Gasteiger partial charge in [0.05, 0.1) is 12.2 Å². The monoisotopic (exact) mass is 359 g/mol. The quantitative estimate of drug-likeness (QED) is 0.751. The van der Waals surface area contributed by atoms with Crippen molar-refractivity contribution in [3.63, 3.8) is 0 Å². The molecule has 2 fully saturated rings. The highest BCUT2D eigenvalue weighted by molar-refractivity contribution is 5.78. The Labute approximate surface area is 154 Å². The third-order valence-corrected chi connectivity index (χ3v) is 5.67. The second-order valence-electron chi connectivity index (χ2n) is 7.43. The number of nitrogen functional groups attached to an aromatic ring is 1. The van der Waals surface area contributed by atoms with Crippen LogP contribution in [0.4, 0.5) is 11.8 Å². The number of likely N-dealkylation sites (tertiary alicyclic amines) is 1. The normalized spacial score (nSPS) is 21.5. The Balaban J connectivity index is 1.40. The fourth-order valence-electron chi connectivity index (χ4n) is 4.18. The molecule has 4 rings (SSSR count). The fourth-order valence-corrected chi connectivity index (χ4v) is 4.18. The van der Waals surface area contributed by atoms with Crippen LogP contribution < -0.4 is 16.0 Å². The lowest BCUT2D eigenvalue weighted by molar-refractivity contribution is -0.131. The van der Waals surface area contributed by atoms with Gasteiger partial charge in [-0.1, -0.05) is 0 Å². The van der Waals surface area contributed by atoms with Crippen LogP contribution in [0.5, 0.6) is 0 Å². The fraction of sp³-hybridized carbons (Fsp3) is 0.722. The first-order valence-corrected chi connectivity index (χ1v) is 9.82. The molecule has 0 aromatic carbocycles. The average molecular weight is 359 g/mol. The molecule has 0 spiro atoms. The van der Waals surface area contributed by atoms with Crippen LogP contribution in [0.2, 0.25) is 0 Å². The highest BCUT2D eigenvalue weighted by Crippen LogP contribution is 2.25. The van der Waals surface area contributed by atoms with Crippen molar-refractivity contribution in [2.45, 2.75) is 25.7 Å². The molecule has 4 heterocycles. The van der Waals surface area contributed by atoms with Gasteiger partial charge in [-0.15, -0.1) is 0 Å². The van der Waals surface area contributed by atoms with Gasteiger partial charge in [-0.05, 0) is 25.8 Å². The summed E-state index contributed by atoms with van der Waals surface area (Å²) in [5.74, 6) is 1.65. The van der Waals surface area contributed by atoms with Crippen molar-refractivity contribution in [2.75, 3.05) is 69.5 Å². The summed E-state index contributed by atoms with van der Waals surface area (Å²) in [7, 11) is 0. The second kappa shape index (κ2) is 7.75. The number of aromatic nitrogens is 2. The van der Waals surface area contributed by atoms with Gasteiger partial charge in [0.2, 0.25) is 11.9 Å². The molecule has 1 aromatic heterocycles. The number of anilines is 2. The number of nitrogens with one attached hydrogen (secondary N) is 1. The minimum Gasteiger partial charge on any atom is -0.368 e. The van der Waals surface area contributed by atoms with Gasteiger partial charge in [-0.25, -0.2) is 4.98 Å². The third-order valence-electron chi connectivity index (χ3n) is 5.67. The van der Waals surface area contributed by atoms with Crippen LogP contribution in [0.15, 0.2) is 0 Å². The lowest BCUT2D eigenvalue weighted by Gasteiger charge is -2.36. The lowest BCUT2D eigenvalue weighted by atomic mass is 10.1. The maximum absolute atomic E-state index is 12.4. The summed E-state index contributed by atoms with van der Waals surface area (Å²) in [6, 6.07) is 0. The molecule has 0 bridgehead atoms. The molecule has 1 amide bonds. The standard InChI is InChI=1S/C18H29N7O/c19-18-21-15-4-6-20-5-3-14(15)17(22-18)25-11-9-23(10-12-25)13-16(26)24-7-1-2-8-24/h20H,1-13H2,(H2,19,21,22). The summed E-state index contributed by atoms with van der Waals surface area (Å²) < 4.78 is 0. The first kappa shape index (κ1) is 17.5. The van der Waals surface area contributed by atoms with E-state index in [1.54, 1.807) is 0 Å². The van der Waals surface area contributed by atoms with E-state index in [0.717, 1.165) is 89.6 Å². The number of fused-ring (bicyclic) bond motifs is 1. The topological polar surface area (TPSA) is 90.6 Å². The van der Waals surface area contributed by atoms with Crippen molar-refractivity contribution in [1.82, 2.24) is 25.1 Å². The minimum atomic E-state index is 0.280. The summed E-state index contributed by atoms with van der Waals surface area (Å²) in [4.78, 5) is 28.0. The predicted octanol–water partition coefficient (Wildman–Crippen LogP) is -0.509. The van der Waals surface area contributed by atoms with Gasteiger partial charge in [-0.3, -0.25) is 9.69 Å². The molecule has 0 saturated carbocycles. The highest BCUT2D eigenvalue weighted by atomic mass is 16.2. The van der Waals surface area contributed by atoms with Gasteiger partial charge in [0.25, 0.3) is 0 Å². The molecule has 0 unspecified atom stereocenters. The molecule has 142 valence electrons. The number of piperazine rings is 1. The van der Waals surface area contributed by atoms with Crippen LogP contribution in [0.3, 0.4) is 0 Å². The number of nitrogens with two attached hydrogens (primary N) is 1. The molecule has 3 aliphatic rings. The zero-order valence-corrected chi connectivity index (χ0v) is 15.4. The van der Waals surface area contributed by atoms with Crippen molar-refractivity contribution in [3.8, 4) is 0 Å². The van der Waals surface area contributed by atoms with Gasteiger partial charge in [0.15, 0.2) is 0 Å². The van der Waals surface area contributed by atoms with Crippen LogP contribution in [0.25, 0.3) is 0 Å². The maximum Gasteiger partial charge on any atom is 0.236 e. The first-order chi connectivity index (χ1) is 12.7. The van der Waals surface area contributed by atoms with Crippen LogP contribution in [-0.4, -0.2) is 84.6 Å². The highest BCUT2D eigenvalue weighted by Gasteiger charge is 2.26. The molecular formula is C18H29N7O. The summed E-state index contributed by atoms with van der Waals surface area (Å²) in [6.45, 7) is 7.83. The smallest absolute Gasteiger partial charge is 0.236 e. The van der Waals surface area contributed by atoms with E-state index in [4.69, 9.17) is 5.73 Å². The molecule has 8 heteroatoms. The van der Waals surface area contributed by atoms with Crippen molar-refractivity contribution in [2.24, 2.45) is 0 Å². The Morgan fingerprint density at radius 3 is 2.50 bits per heavy atom. The second-order valence-corrected chi connectivity index (χ2v) is 7.43. The Kier molecular flexibility index (Phi) is 5.21. The first-order valence-electron chi connectivity index (χ1n) is 9.82. The lowest BCUT2D eigenvalue weighted by Crippen LogP contribution is -2.50. The van der Waals surface area contributed by atoms with Crippen molar-refractivity contribution >= 4 is 17.7 Å². The van der Waals surface area contributed by atoms with Gasteiger partial charge >= 0.3 is 0 Å². The van der Waals surface area contributed by atoms with Crippen molar-refractivity contribution < 1.29 is 4.79 Å². The minimum absolute atomic E-state index is 0.280. The molecular weight excluding hydrogens is 330 g/mol. The summed E-state index contributed by atoms with van der Waals surface area (Å²) in [6.07, 6.45) is 4.14.